The minimum absolute atomic E-state index is 0.0369. The van der Waals surface area contributed by atoms with Crippen LogP contribution in [0.1, 0.15) is 181 Å². The van der Waals surface area contributed by atoms with E-state index in [1.165, 1.54) is 116 Å². The molecular weight excluding hydrogens is 460 g/mol. The van der Waals surface area contributed by atoms with Crippen molar-refractivity contribution in [2.24, 2.45) is 11.8 Å². The predicted octanol–water partition coefficient (Wildman–Crippen LogP) is 12.9. The maximum Gasteiger partial charge on any atom is 0.238 e. The van der Waals surface area contributed by atoms with Gasteiger partial charge in [0.25, 0.3) is 0 Å². The Hall–Kier alpha value is -0.280. The quantitative estimate of drug-likeness (QED) is 0.0677. The molecule has 0 spiro atoms. The highest BCUT2D eigenvalue weighted by atomic mass is 19.3. The van der Waals surface area contributed by atoms with Crippen molar-refractivity contribution in [1.82, 2.24) is 0 Å². The van der Waals surface area contributed by atoms with E-state index in [0.29, 0.717) is 24.7 Å². The van der Waals surface area contributed by atoms with Gasteiger partial charge in [-0.2, -0.15) is 0 Å². The van der Waals surface area contributed by atoms with Gasteiger partial charge in [-0.1, -0.05) is 155 Å². The molecule has 4 heteroatoms. The summed E-state index contributed by atoms with van der Waals surface area (Å²) in [4.78, 5) is 0. The van der Waals surface area contributed by atoms with Crippen LogP contribution in [0.25, 0.3) is 0 Å². The summed E-state index contributed by atoms with van der Waals surface area (Å²) >= 11 is 0. The lowest BCUT2D eigenvalue weighted by Crippen LogP contribution is -2.08. The van der Waals surface area contributed by atoms with Gasteiger partial charge in [0.2, 0.25) is 12.9 Å². The highest BCUT2D eigenvalue weighted by Crippen LogP contribution is 2.29. The molecule has 0 nitrogen and oxygen atoms in total. The second-order valence-corrected chi connectivity index (χ2v) is 11.5. The van der Waals surface area contributed by atoms with E-state index in [9.17, 15) is 17.6 Å². The smallest absolute Gasteiger partial charge is 0.211 e. The molecule has 2 atom stereocenters. The van der Waals surface area contributed by atoms with Gasteiger partial charge in [-0.05, 0) is 24.7 Å². The molecule has 36 heavy (non-hydrogen) atoms. The molecule has 0 bridgehead atoms. The number of alkyl halides is 4. The van der Waals surface area contributed by atoms with Gasteiger partial charge >= 0.3 is 0 Å². The molecule has 0 N–H and O–H groups in total. The first kappa shape index (κ1) is 35.7. The lowest BCUT2D eigenvalue weighted by atomic mass is 9.84. The summed E-state index contributed by atoms with van der Waals surface area (Å²) < 4.78 is 50.3. The van der Waals surface area contributed by atoms with Crippen molar-refractivity contribution in [2.45, 2.75) is 194 Å². The van der Waals surface area contributed by atoms with Gasteiger partial charge in [0.15, 0.2) is 0 Å². The van der Waals surface area contributed by atoms with E-state index in [4.69, 9.17) is 0 Å². The normalized spacial score (nSPS) is 13.7. The fourth-order valence-corrected chi connectivity index (χ4v) is 5.58. The van der Waals surface area contributed by atoms with Crippen LogP contribution in [-0.4, -0.2) is 12.9 Å². The Labute approximate surface area is 223 Å². The summed E-state index contributed by atoms with van der Waals surface area (Å²) in [6, 6.07) is 0. The third-order valence-electron chi connectivity index (χ3n) is 7.98. The van der Waals surface area contributed by atoms with Crippen LogP contribution in [0, 0.1) is 11.8 Å². The maximum absolute atomic E-state index is 12.6. The van der Waals surface area contributed by atoms with Crippen LogP contribution in [0.15, 0.2) is 0 Å². The first-order valence-corrected chi connectivity index (χ1v) is 16.1. The maximum atomic E-state index is 12.6. The van der Waals surface area contributed by atoms with E-state index in [1.807, 2.05) is 0 Å². The Morgan fingerprint density at radius 2 is 0.556 bits per heavy atom. The average molecular weight is 523 g/mol. The van der Waals surface area contributed by atoms with Gasteiger partial charge in [0.05, 0.1) is 0 Å². The molecule has 2 unspecified atom stereocenters. The Balaban J connectivity index is 4.52. The largest absolute Gasteiger partial charge is 0.238 e. The van der Waals surface area contributed by atoms with Crippen molar-refractivity contribution in [3.8, 4) is 0 Å². The zero-order valence-corrected chi connectivity index (χ0v) is 24.2. The zero-order chi connectivity index (χ0) is 26.7. The Morgan fingerprint density at radius 3 is 0.861 bits per heavy atom. The number of hydrogen-bond acceptors (Lipinski definition) is 0. The van der Waals surface area contributed by atoms with Gasteiger partial charge in [-0.25, -0.2) is 17.6 Å². The van der Waals surface area contributed by atoms with E-state index in [-0.39, 0.29) is 12.8 Å². The monoisotopic (exact) mass is 522 g/mol. The minimum Gasteiger partial charge on any atom is -0.211 e. The first-order valence-electron chi connectivity index (χ1n) is 16.1. The molecule has 0 aliphatic carbocycles. The third-order valence-corrected chi connectivity index (χ3v) is 7.98. The van der Waals surface area contributed by atoms with Crippen molar-refractivity contribution in [1.29, 1.82) is 0 Å². The van der Waals surface area contributed by atoms with E-state index < -0.39 is 12.9 Å². The molecule has 0 aromatic rings. The molecular formula is C32H62F4. The highest BCUT2D eigenvalue weighted by molar-refractivity contribution is 4.67. The predicted molar refractivity (Wildman–Crippen MR) is 150 cm³/mol. The van der Waals surface area contributed by atoms with Crippen LogP contribution in [0.4, 0.5) is 17.6 Å². The summed E-state index contributed by atoms with van der Waals surface area (Å²) in [5.41, 5.74) is 0. The summed E-state index contributed by atoms with van der Waals surface area (Å²) in [7, 11) is 0. The van der Waals surface area contributed by atoms with Crippen LogP contribution in [0.2, 0.25) is 0 Å². The van der Waals surface area contributed by atoms with E-state index in [1.54, 1.807) is 0 Å². The lowest BCUT2D eigenvalue weighted by molar-refractivity contribution is 0.131. The third kappa shape index (κ3) is 26.8. The average Bonchev–Trinajstić information content (AvgIpc) is 2.84. The number of rotatable bonds is 29. The molecule has 0 aromatic heterocycles. The van der Waals surface area contributed by atoms with E-state index >= 15 is 0 Å². The molecule has 0 aliphatic heterocycles. The van der Waals surface area contributed by atoms with Crippen molar-refractivity contribution in [3.63, 3.8) is 0 Å². The fraction of sp³-hybridized carbons (Fsp3) is 1.00. The Bertz CT molecular complexity index is 375. The molecule has 0 rings (SSSR count). The number of unbranched alkanes of at least 4 members (excludes halogenated alkanes) is 14. The van der Waals surface area contributed by atoms with Gasteiger partial charge in [0.1, 0.15) is 0 Å². The van der Waals surface area contributed by atoms with Crippen LogP contribution in [0.3, 0.4) is 0 Å². The molecule has 0 heterocycles. The highest BCUT2D eigenvalue weighted by Gasteiger charge is 2.15. The Kier molecular flexibility index (Phi) is 27.5. The summed E-state index contributed by atoms with van der Waals surface area (Å²) in [6.07, 6.45) is 24.2. The van der Waals surface area contributed by atoms with E-state index in [2.05, 4.69) is 13.8 Å². The molecule has 218 valence electrons. The first-order chi connectivity index (χ1) is 17.5. The van der Waals surface area contributed by atoms with Crippen LogP contribution in [-0.2, 0) is 0 Å². The van der Waals surface area contributed by atoms with Crippen molar-refractivity contribution < 1.29 is 17.6 Å². The fourth-order valence-electron chi connectivity index (χ4n) is 5.58. The SMILES string of the molecule is CCCCCCCCCC(CCCCC(F)F)CCC(CCCCCCCCC)CCCCC(F)F. The molecule has 0 aromatic carbocycles. The molecule has 0 saturated carbocycles. The topological polar surface area (TPSA) is 0 Å². The van der Waals surface area contributed by atoms with Gasteiger partial charge in [-0.15, -0.1) is 0 Å². The molecule has 0 aliphatic rings. The van der Waals surface area contributed by atoms with Crippen molar-refractivity contribution in [2.75, 3.05) is 0 Å². The van der Waals surface area contributed by atoms with Gasteiger partial charge in [-0.3, -0.25) is 0 Å². The number of halogens is 4. The Morgan fingerprint density at radius 1 is 0.306 bits per heavy atom. The molecule has 0 fully saturated rings. The van der Waals surface area contributed by atoms with Crippen molar-refractivity contribution >= 4 is 0 Å². The number of hydrogen-bond donors (Lipinski definition) is 0. The standard InChI is InChI=1S/C32H62F4/c1-3-5-7-9-11-13-15-21-29(23-17-19-25-31(33)34)27-28-30(24-18-20-26-32(35)36)22-16-14-12-10-8-6-4-2/h29-32H,3-28H2,1-2H3. The van der Waals surface area contributed by atoms with E-state index in [0.717, 1.165) is 25.7 Å². The minimum atomic E-state index is -2.17. The second kappa shape index (κ2) is 27.7. The van der Waals surface area contributed by atoms with Crippen LogP contribution < -0.4 is 0 Å². The molecule has 0 radical (unpaired) electrons. The summed E-state index contributed by atoms with van der Waals surface area (Å²) in [5.74, 6) is 1.30. The van der Waals surface area contributed by atoms with Crippen molar-refractivity contribution in [3.05, 3.63) is 0 Å². The zero-order valence-electron chi connectivity index (χ0n) is 24.2. The second-order valence-electron chi connectivity index (χ2n) is 11.5. The summed E-state index contributed by atoms with van der Waals surface area (Å²) in [5, 5.41) is 0. The van der Waals surface area contributed by atoms with Gasteiger partial charge in [0, 0.05) is 12.8 Å². The van der Waals surface area contributed by atoms with Gasteiger partial charge < -0.3 is 0 Å². The van der Waals surface area contributed by atoms with Crippen LogP contribution in [0.5, 0.6) is 0 Å². The van der Waals surface area contributed by atoms with Crippen LogP contribution >= 0.6 is 0 Å². The molecule has 0 amide bonds. The summed E-state index contributed by atoms with van der Waals surface area (Å²) in [6.45, 7) is 4.50. The molecule has 0 saturated heterocycles. The lowest BCUT2D eigenvalue weighted by Gasteiger charge is -2.22.